The quantitative estimate of drug-likeness (QED) is 0.802. The Hall–Kier alpha value is -2.24. The number of imidazole rings is 1. The Kier molecular flexibility index (Phi) is 3.68. The van der Waals surface area contributed by atoms with Crippen LogP contribution in [0.5, 0.6) is 0 Å². The summed E-state index contributed by atoms with van der Waals surface area (Å²) in [7, 11) is 1.85. The molecule has 0 bridgehead atoms. The molecule has 1 atom stereocenters. The lowest BCUT2D eigenvalue weighted by molar-refractivity contribution is 0.0893. The first-order valence-electron chi connectivity index (χ1n) is 7.22. The van der Waals surface area contributed by atoms with Gasteiger partial charge in [-0.25, -0.2) is 4.98 Å². The predicted octanol–water partition coefficient (Wildman–Crippen LogP) is 1.62. The fraction of sp³-hybridized carbons (Fsp3) is 0.467. The van der Waals surface area contributed by atoms with E-state index in [9.17, 15) is 4.79 Å². The summed E-state index contributed by atoms with van der Waals surface area (Å²) in [6.07, 6.45) is 5.36. The third-order valence-electron chi connectivity index (χ3n) is 3.94. The minimum absolute atomic E-state index is 0.0250. The summed E-state index contributed by atoms with van der Waals surface area (Å²) in [5, 5.41) is 8.31. The van der Waals surface area contributed by atoms with Gasteiger partial charge < -0.3 is 9.47 Å². The van der Waals surface area contributed by atoms with E-state index in [1.165, 1.54) is 0 Å². The van der Waals surface area contributed by atoms with E-state index in [1.54, 1.807) is 17.0 Å². The zero-order valence-electron chi connectivity index (χ0n) is 12.4. The van der Waals surface area contributed by atoms with E-state index in [0.717, 1.165) is 30.9 Å². The Morgan fingerprint density at radius 2 is 2.19 bits per heavy atom. The van der Waals surface area contributed by atoms with Crippen molar-refractivity contribution in [1.29, 1.82) is 0 Å². The molecule has 1 aliphatic rings. The molecule has 1 fully saturated rings. The number of aryl methyl sites for hydroxylation is 2. The Morgan fingerprint density at radius 3 is 2.86 bits per heavy atom. The molecule has 0 spiro atoms. The van der Waals surface area contributed by atoms with E-state index in [-0.39, 0.29) is 11.7 Å². The SMILES string of the molecule is Cc1ccc(N2CCCC(C(=O)c3nccn3C)C2)nn1. The van der Waals surface area contributed by atoms with E-state index in [1.807, 2.05) is 26.1 Å². The zero-order valence-corrected chi connectivity index (χ0v) is 12.4. The molecular weight excluding hydrogens is 266 g/mol. The number of nitrogens with zero attached hydrogens (tertiary/aromatic N) is 5. The summed E-state index contributed by atoms with van der Waals surface area (Å²) in [6.45, 7) is 3.52. The second kappa shape index (κ2) is 5.63. The molecule has 0 N–H and O–H groups in total. The van der Waals surface area contributed by atoms with Crippen molar-refractivity contribution >= 4 is 11.6 Å². The van der Waals surface area contributed by atoms with Gasteiger partial charge in [-0.3, -0.25) is 4.79 Å². The number of piperidine rings is 1. The van der Waals surface area contributed by atoms with E-state index in [4.69, 9.17) is 0 Å². The third-order valence-corrected chi connectivity index (χ3v) is 3.94. The van der Waals surface area contributed by atoms with Gasteiger partial charge in [0.05, 0.1) is 5.69 Å². The molecule has 110 valence electrons. The number of ketones is 1. The van der Waals surface area contributed by atoms with Crippen LogP contribution in [0.1, 0.15) is 29.2 Å². The molecule has 3 rings (SSSR count). The predicted molar refractivity (Wildman–Crippen MR) is 79.2 cm³/mol. The first-order chi connectivity index (χ1) is 10.1. The molecule has 1 aliphatic heterocycles. The van der Waals surface area contributed by atoms with Gasteiger partial charge in [0.2, 0.25) is 5.78 Å². The number of rotatable bonds is 3. The van der Waals surface area contributed by atoms with E-state index < -0.39 is 0 Å². The van der Waals surface area contributed by atoms with Crippen LogP contribution < -0.4 is 4.90 Å². The van der Waals surface area contributed by atoms with Crippen LogP contribution in [-0.4, -0.2) is 38.6 Å². The number of carbonyl (C=O) groups is 1. The lowest BCUT2D eigenvalue weighted by atomic mass is 9.93. The van der Waals surface area contributed by atoms with Crippen molar-refractivity contribution in [2.24, 2.45) is 13.0 Å². The van der Waals surface area contributed by atoms with Crippen LogP contribution in [0.4, 0.5) is 5.82 Å². The second-order valence-corrected chi connectivity index (χ2v) is 5.54. The molecule has 0 radical (unpaired) electrons. The van der Waals surface area contributed by atoms with Crippen LogP contribution in [-0.2, 0) is 7.05 Å². The molecular formula is C15H19N5O. The smallest absolute Gasteiger partial charge is 0.203 e. The fourth-order valence-electron chi connectivity index (χ4n) is 2.75. The van der Waals surface area contributed by atoms with Crippen molar-refractivity contribution < 1.29 is 4.79 Å². The number of Topliss-reactive ketones (excluding diaryl/α,β-unsaturated/α-hetero) is 1. The molecule has 0 aromatic carbocycles. The second-order valence-electron chi connectivity index (χ2n) is 5.54. The van der Waals surface area contributed by atoms with E-state index in [0.29, 0.717) is 12.4 Å². The highest BCUT2D eigenvalue weighted by molar-refractivity contribution is 5.95. The number of carbonyl (C=O) groups excluding carboxylic acids is 1. The Bertz CT molecular complexity index is 634. The Morgan fingerprint density at radius 1 is 1.33 bits per heavy atom. The standard InChI is InChI=1S/C15H19N5O/c1-11-5-6-13(18-17-11)20-8-3-4-12(10-20)14(21)15-16-7-9-19(15)2/h5-7,9,12H,3-4,8,10H2,1-2H3. The molecule has 2 aromatic heterocycles. The topological polar surface area (TPSA) is 63.9 Å². The molecule has 1 saturated heterocycles. The highest BCUT2D eigenvalue weighted by Crippen LogP contribution is 2.23. The minimum atomic E-state index is -0.0250. The van der Waals surface area contributed by atoms with E-state index in [2.05, 4.69) is 20.1 Å². The summed E-state index contributed by atoms with van der Waals surface area (Å²) in [5.41, 5.74) is 0.899. The van der Waals surface area contributed by atoms with Crippen LogP contribution in [0, 0.1) is 12.8 Å². The number of hydrogen-bond donors (Lipinski definition) is 0. The number of aromatic nitrogens is 4. The van der Waals surface area contributed by atoms with Gasteiger partial charge in [-0.15, -0.1) is 5.10 Å². The molecule has 6 nitrogen and oxygen atoms in total. The van der Waals surface area contributed by atoms with Crippen LogP contribution in [0.3, 0.4) is 0 Å². The summed E-state index contributed by atoms with van der Waals surface area (Å²) < 4.78 is 1.78. The highest BCUT2D eigenvalue weighted by Gasteiger charge is 2.29. The maximum Gasteiger partial charge on any atom is 0.203 e. The fourth-order valence-corrected chi connectivity index (χ4v) is 2.75. The van der Waals surface area contributed by atoms with Gasteiger partial charge in [-0.05, 0) is 31.9 Å². The van der Waals surface area contributed by atoms with Crippen molar-refractivity contribution in [2.75, 3.05) is 18.0 Å². The first-order valence-corrected chi connectivity index (χ1v) is 7.22. The molecule has 21 heavy (non-hydrogen) atoms. The maximum absolute atomic E-state index is 12.6. The van der Waals surface area contributed by atoms with Gasteiger partial charge >= 0.3 is 0 Å². The molecule has 3 heterocycles. The summed E-state index contributed by atoms with van der Waals surface area (Å²) in [6, 6.07) is 3.92. The van der Waals surface area contributed by atoms with Gasteiger partial charge in [0, 0.05) is 38.4 Å². The lowest BCUT2D eigenvalue weighted by Crippen LogP contribution is -2.39. The van der Waals surface area contributed by atoms with Crippen LogP contribution in [0.2, 0.25) is 0 Å². The first kappa shape index (κ1) is 13.7. The van der Waals surface area contributed by atoms with Crippen molar-refractivity contribution in [2.45, 2.75) is 19.8 Å². The molecule has 1 unspecified atom stereocenters. The molecule has 0 aliphatic carbocycles. The van der Waals surface area contributed by atoms with Crippen molar-refractivity contribution in [3.8, 4) is 0 Å². The van der Waals surface area contributed by atoms with Gasteiger partial charge in [-0.2, -0.15) is 5.10 Å². The normalized spacial score (nSPS) is 18.8. The molecule has 6 heteroatoms. The largest absolute Gasteiger partial charge is 0.354 e. The van der Waals surface area contributed by atoms with Gasteiger partial charge in [0.1, 0.15) is 0 Å². The minimum Gasteiger partial charge on any atom is -0.354 e. The molecule has 0 amide bonds. The average Bonchev–Trinajstić information content (AvgIpc) is 2.93. The van der Waals surface area contributed by atoms with Crippen LogP contribution in [0.25, 0.3) is 0 Å². The van der Waals surface area contributed by atoms with Crippen LogP contribution in [0.15, 0.2) is 24.5 Å². The monoisotopic (exact) mass is 285 g/mol. The summed E-state index contributed by atoms with van der Waals surface area (Å²) in [4.78, 5) is 18.9. The van der Waals surface area contributed by atoms with Crippen LogP contribution >= 0.6 is 0 Å². The molecule has 2 aromatic rings. The Labute approximate surface area is 123 Å². The summed E-state index contributed by atoms with van der Waals surface area (Å²) in [5.74, 6) is 1.48. The lowest BCUT2D eigenvalue weighted by Gasteiger charge is -2.32. The number of anilines is 1. The maximum atomic E-state index is 12.6. The average molecular weight is 285 g/mol. The summed E-state index contributed by atoms with van der Waals surface area (Å²) >= 11 is 0. The van der Waals surface area contributed by atoms with Crippen molar-refractivity contribution in [3.05, 3.63) is 36.0 Å². The van der Waals surface area contributed by atoms with Gasteiger partial charge in [0.25, 0.3) is 0 Å². The zero-order chi connectivity index (χ0) is 14.8. The molecule has 0 saturated carbocycles. The van der Waals surface area contributed by atoms with Crippen molar-refractivity contribution in [3.63, 3.8) is 0 Å². The van der Waals surface area contributed by atoms with Gasteiger partial charge in [-0.1, -0.05) is 0 Å². The number of hydrogen-bond acceptors (Lipinski definition) is 5. The Balaban J connectivity index is 1.75. The van der Waals surface area contributed by atoms with Gasteiger partial charge in [0.15, 0.2) is 11.6 Å². The highest BCUT2D eigenvalue weighted by atomic mass is 16.1. The third kappa shape index (κ3) is 2.79. The van der Waals surface area contributed by atoms with Crippen molar-refractivity contribution in [1.82, 2.24) is 19.7 Å². The van der Waals surface area contributed by atoms with E-state index >= 15 is 0 Å².